The van der Waals surface area contributed by atoms with Gasteiger partial charge < -0.3 is 9.84 Å². The number of para-hydroxylation sites is 2. The SMILES string of the molecule is COc1ccccc1-c1ccc(-c2ccccc2O)cc1NS(C)(=O)=O. The summed E-state index contributed by atoms with van der Waals surface area (Å²) >= 11 is 0. The third-order valence-corrected chi connectivity index (χ3v) is 4.52. The highest BCUT2D eigenvalue weighted by atomic mass is 32.2. The van der Waals surface area contributed by atoms with E-state index in [0.29, 0.717) is 28.1 Å². The van der Waals surface area contributed by atoms with Crippen LogP contribution in [0, 0.1) is 0 Å². The second-order valence-electron chi connectivity index (χ2n) is 5.85. The van der Waals surface area contributed by atoms with Gasteiger partial charge in [0.05, 0.1) is 19.1 Å². The molecular formula is C20H19NO4S. The Bertz CT molecular complexity index is 1050. The molecule has 5 nitrogen and oxygen atoms in total. The molecule has 2 N–H and O–H groups in total. The van der Waals surface area contributed by atoms with Crippen molar-refractivity contribution in [3.8, 4) is 33.8 Å². The average Bonchev–Trinajstić information content (AvgIpc) is 2.61. The number of phenolic OH excluding ortho intramolecular Hbond substituents is 1. The van der Waals surface area contributed by atoms with Gasteiger partial charge in [-0.2, -0.15) is 0 Å². The first-order valence-corrected chi connectivity index (χ1v) is 9.82. The summed E-state index contributed by atoms with van der Waals surface area (Å²) in [6.45, 7) is 0. The fourth-order valence-electron chi connectivity index (χ4n) is 2.82. The van der Waals surface area contributed by atoms with Crippen molar-refractivity contribution in [3.05, 3.63) is 66.7 Å². The van der Waals surface area contributed by atoms with Crippen molar-refractivity contribution in [1.82, 2.24) is 0 Å². The number of aromatic hydroxyl groups is 1. The Hall–Kier alpha value is -2.99. The summed E-state index contributed by atoms with van der Waals surface area (Å²) in [7, 11) is -1.92. The monoisotopic (exact) mass is 369 g/mol. The number of methoxy groups -OCH3 is 1. The Balaban J connectivity index is 2.21. The van der Waals surface area contributed by atoms with Crippen LogP contribution >= 0.6 is 0 Å². The lowest BCUT2D eigenvalue weighted by molar-refractivity contribution is 0.416. The third-order valence-electron chi connectivity index (χ3n) is 3.93. The zero-order valence-electron chi connectivity index (χ0n) is 14.4. The van der Waals surface area contributed by atoms with Crippen LogP contribution < -0.4 is 9.46 Å². The fourth-order valence-corrected chi connectivity index (χ4v) is 3.38. The Morgan fingerprint density at radius 2 is 1.54 bits per heavy atom. The van der Waals surface area contributed by atoms with Crippen LogP contribution in [0.3, 0.4) is 0 Å². The molecule has 0 aromatic heterocycles. The quantitative estimate of drug-likeness (QED) is 0.710. The zero-order valence-corrected chi connectivity index (χ0v) is 15.2. The minimum absolute atomic E-state index is 0.128. The van der Waals surface area contributed by atoms with Gasteiger partial charge in [0.25, 0.3) is 0 Å². The maximum Gasteiger partial charge on any atom is 0.229 e. The van der Waals surface area contributed by atoms with Crippen LogP contribution in [0.5, 0.6) is 11.5 Å². The van der Waals surface area contributed by atoms with Gasteiger partial charge in [0.15, 0.2) is 0 Å². The van der Waals surface area contributed by atoms with E-state index in [1.807, 2.05) is 42.5 Å². The molecule has 0 atom stereocenters. The topological polar surface area (TPSA) is 75.6 Å². The summed E-state index contributed by atoms with van der Waals surface area (Å²) in [5.74, 6) is 0.766. The number of anilines is 1. The molecule has 3 rings (SSSR count). The van der Waals surface area contributed by atoms with Crippen molar-refractivity contribution in [2.75, 3.05) is 18.1 Å². The average molecular weight is 369 g/mol. The highest BCUT2D eigenvalue weighted by Crippen LogP contribution is 2.39. The van der Waals surface area contributed by atoms with Gasteiger partial charge in [0.2, 0.25) is 10.0 Å². The van der Waals surface area contributed by atoms with Crippen molar-refractivity contribution < 1.29 is 18.3 Å². The lowest BCUT2D eigenvalue weighted by Crippen LogP contribution is -2.10. The molecule has 0 heterocycles. The standard InChI is InChI=1S/C20H19NO4S/c1-25-20-10-6-4-8-17(20)16-12-11-14(13-18(16)21-26(2,23)24)15-7-3-5-9-19(15)22/h3-13,21-22H,1-2H3. The minimum Gasteiger partial charge on any atom is -0.507 e. The molecule has 0 amide bonds. The van der Waals surface area contributed by atoms with E-state index in [2.05, 4.69) is 4.72 Å². The lowest BCUT2D eigenvalue weighted by Gasteiger charge is -2.16. The van der Waals surface area contributed by atoms with Gasteiger partial charge in [-0.25, -0.2) is 8.42 Å². The molecule has 3 aromatic rings. The highest BCUT2D eigenvalue weighted by molar-refractivity contribution is 7.92. The molecule has 134 valence electrons. The second-order valence-corrected chi connectivity index (χ2v) is 7.60. The first-order chi connectivity index (χ1) is 12.4. The largest absolute Gasteiger partial charge is 0.507 e. The normalized spacial score (nSPS) is 11.2. The smallest absolute Gasteiger partial charge is 0.229 e. The Kier molecular flexibility index (Phi) is 4.86. The molecular weight excluding hydrogens is 350 g/mol. The maximum absolute atomic E-state index is 11.9. The van der Waals surface area contributed by atoms with E-state index < -0.39 is 10.0 Å². The van der Waals surface area contributed by atoms with Crippen LogP contribution in [-0.2, 0) is 10.0 Å². The zero-order chi connectivity index (χ0) is 18.7. The van der Waals surface area contributed by atoms with Gasteiger partial charge in [-0.1, -0.05) is 48.5 Å². The summed E-state index contributed by atoms with van der Waals surface area (Å²) < 4.78 is 31.7. The van der Waals surface area contributed by atoms with Crippen molar-refractivity contribution >= 4 is 15.7 Å². The number of phenols is 1. The molecule has 3 aromatic carbocycles. The Labute approximate surface area is 152 Å². The molecule has 0 aliphatic carbocycles. The van der Waals surface area contributed by atoms with Gasteiger partial charge in [-0.15, -0.1) is 0 Å². The summed E-state index contributed by atoms with van der Waals surface area (Å²) in [4.78, 5) is 0. The van der Waals surface area contributed by atoms with Gasteiger partial charge in [0, 0.05) is 16.7 Å². The van der Waals surface area contributed by atoms with E-state index in [9.17, 15) is 13.5 Å². The van der Waals surface area contributed by atoms with Gasteiger partial charge in [0.1, 0.15) is 11.5 Å². The van der Waals surface area contributed by atoms with Crippen molar-refractivity contribution in [2.45, 2.75) is 0 Å². The lowest BCUT2D eigenvalue weighted by atomic mass is 9.97. The van der Waals surface area contributed by atoms with E-state index in [-0.39, 0.29) is 5.75 Å². The number of ether oxygens (including phenoxy) is 1. The number of rotatable bonds is 5. The van der Waals surface area contributed by atoms with Crippen LogP contribution in [0.25, 0.3) is 22.3 Å². The molecule has 0 spiro atoms. The van der Waals surface area contributed by atoms with Crippen LogP contribution in [0.15, 0.2) is 66.7 Å². The van der Waals surface area contributed by atoms with E-state index >= 15 is 0 Å². The van der Waals surface area contributed by atoms with Crippen molar-refractivity contribution in [2.24, 2.45) is 0 Å². The van der Waals surface area contributed by atoms with Crippen LogP contribution in [0.2, 0.25) is 0 Å². The molecule has 6 heteroatoms. The van der Waals surface area contributed by atoms with Crippen LogP contribution in [-0.4, -0.2) is 26.9 Å². The number of hydrogen-bond acceptors (Lipinski definition) is 4. The Morgan fingerprint density at radius 3 is 2.19 bits per heavy atom. The summed E-state index contributed by atoms with van der Waals surface area (Å²) in [5, 5.41) is 10.1. The predicted octanol–water partition coefficient (Wildman–Crippen LogP) is 4.11. The summed E-state index contributed by atoms with van der Waals surface area (Å²) in [6.07, 6.45) is 1.10. The number of hydrogen-bond donors (Lipinski definition) is 2. The van der Waals surface area contributed by atoms with Gasteiger partial charge in [-0.05, 0) is 23.8 Å². The molecule has 26 heavy (non-hydrogen) atoms. The Morgan fingerprint density at radius 1 is 0.885 bits per heavy atom. The fraction of sp³-hybridized carbons (Fsp3) is 0.100. The van der Waals surface area contributed by atoms with Crippen LogP contribution in [0.1, 0.15) is 0 Å². The molecule has 0 aliphatic rings. The van der Waals surface area contributed by atoms with E-state index in [0.717, 1.165) is 11.8 Å². The summed E-state index contributed by atoms with van der Waals surface area (Å²) in [5.41, 5.74) is 3.19. The number of sulfonamides is 1. The maximum atomic E-state index is 11.9. The third kappa shape index (κ3) is 3.81. The van der Waals surface area contributed by atoms with Crippen molar-refractivity contribution in [3.63, 3.8) is 0 Å². The molecule has 0 saturated carbocycles. The number of benzene rings is 3. The first kappa shape index (κ1) is 17.8. The molecule has 0 radical (unpaired) electrons. The molecule has 0 bridgehead atoms. The molecule has 0 saturated heterocycles. The minimum atomic E-state index is -3.49. The van der Waals surface area contributed by atoms with E-state index in [4.69, 9.17) is 4.74 Å². The first-order valence-electron chi connectivity index (χ1n) is 7.92. The summed E-state index contributed by atoms with van der Waals surface area (Å²) in [6, 6.07) is 19.7. The van der Waals surface area contributed by atoms with E-state index in [1.54, 1.807) is 31.4 Å². The van der Waals surface area contributed by atoms with Crippen LogP contribution in [0.4, 0.5) is 5.69 Å². The second kappa shape index (κ2) is 7.09. The molecule has 0 aliphatic heterocycles. The van der Waals surface area contributed by atoms with Gasteiger partial charge in [-0.3, -0.25) is 4.72 Å². The van der Waals surface area contributed by atoms with Gasteiger partial charge >= 0.3 is 0 Å². The van der Waals surface area contributed by atoms with Crippen molar-refractivity contribution in [1.29, 1.82) is 0 Å². The number of nitrogens with one attached hydrogen (secondary N) is 1. The van der Waals surface area contributed by atoms with E-state index in [1.165, 1.54) is 0 Å². The molecule has 0 fully saturated rings. The highest BCUT2D eigenvalue weighted by Gasteiger charge is 2.15. The predicted molar refractivity (Wildman–Crippen MR) is 104 cm³/mol. The molecule has 0 unspecified atom stereocenters.